The Kier molecular flexibility index (Phi) is 7.06. The van der Waals surface area contributed by atoms with Crippen LogP contribution < -0.4 is 5.32 Å². The van der Waals surface area contributed by atoms with Crippen LogP contribution in [0.3, 0.4) is 0 Å². The third-order valence-corrected chi connectivity index (χ3v) is 3.38. The Balaban J connectivity index is 2.62. The molecule has 1 aromatic rings. The zero-order valence-electron chi connectivity index (χ0n) is 12.3. The zero-order valence-corrected chi connectivity index (χ0v) is 12.3. The Hall–Kier alpha value is -1.03. The summed E-state index contributed by atoms with van der Waals surface area (Å²) in [5.74, 6) is 0. The van der Waals surface area contributed by atoms with Gasteiger partial charge in [0.25, 0.3) is 0 Å². The average molecular weight is 287 g/mol. The summed E-state index contributed by atoms with van der Waals surface area (Å²) in [6.07, 6.45) is -2.12. The van der Waals surface area contributed by atoms with Crippen LogP contribution >= 0.6 is 0 Å². The fraction of sp³-hybridized carbons (Fsp3) is 0.625. The van der Waals surface area contributed by atoms with Crippen LogP contribution in [0.4, 0.5) is 13.2 Å². The van der Waals surface area contributed by atoms with Crippen molar-refractivity contribution in [3.05, 3.63) is 35.4 Å². The van der Waals surface area contributed by atoms with Gasteiger partial charge in [0.2, 0.25) is 0 Å². The molecular formula is C16H24F3N. The smallest absolute Gasteiger partial charge is 0.310 e. The molecule has 0 aromatic heterocycles. The van der Waals surface area contributed by atoms with Crippen LogP contribution in [0.1, 0.15) is 56.7 Å². The Morgan fingerprint density at radius 2 is 1.75 bits per heavy atom. The molecular weight excluding hydrogens is 263 g/mol. The second-order valence-electron chi connectivity index (χ2n) is 5.11. The summed E-state index contributed by atoms with van der Waals surface area (Å²) < 4.78 is 36.7. The molecule has 0 radical (unpaired) electrons. The highest BCUT2D eigenvalue weighted by atomic mass is 19.4. The molecule has 0 fully saturated rings. The largest absolute Gasteiger partial charge is 0.389 e. The molecule has 0 amide bonds. The van der Waals surface area contributed by atoms with Crippen molar-refractivity contribution in [1.82, 2.24) is 5.32 Å². The Morgan fingerprint density at radius 3 is 2.25 bits per heavy atom. The highest BCUT2D eigenvalue weighted by Gasteiger charge is 2.26. The zero-order chi connectivity index (χ0) is 15.0. The van der Waals surface area contributed by atoms with E-state index in [-0.39, 0.29) is 12.5 Å². The summed E-state index contributed by atoms with van der Waals surface area (Å²) in [6, 6.07) is 8.18. The van der Waals surface area contributed by atoms with Gasteiger partial charge in [-0.1, -0.05) is 38.1 Å². The van der Waals surface area contributed by atoms with Crippen LogP contribution in [-0.4, -0.2) is 12.7 Å². The van der Waals surface area contributed by atoms with Gasteiger partial charge in [-0.25, -0.2) is 0 Å². The highest BCUT2D eigenvalue weighted by Crippen LogP contribution is 2.26. The van der Waals surface area contributed by atoms with Crippen LogP contribution in [0.5, 0.6) is 0 Å². The van der Waals surface area contributed by atoms with Crippen molar-refractivity contribution >= 4 is 0 Å². The van der Waals surface area contributed by atoms with Crippen LogP contribution in [0.2, 0.25) is 0 Å². The number of nitrogens with one attached hydrogen (secondary N) is 1. The third-order valence-electron chi connectivity index (χ3n) is 3.38. The Labute approximate surface area is 119 Å². The van der Waals surface area contributed by atoms with Crippen LogP contribution in [0.15, 0.2) is 24.3 Å². The first-order chi connectivity index (χ1) is 9.46. The predicted molar refractivity (Wildman–Crippen MR) is 76.8 cm³/mol. The molecule has 0 saturated carbocycles. The lowest BCUT2D eigenvalue weighted by atomic mass is 9.99. The molecule has 0 aliphatic carbocycles. The molecule has 0 aliphatic rings. The molecule has 1 rings (SSSR count). The van der Waals surface area contributed by atoms with Gasteiger partial charge in [-0.15, -0.1) is 0 Å². The Morgan fingerprint density at radius 1 is 1.10 bits per heavy atom. The summed E-state index contributed by atoms with van der Waals surface area (Å²) in [5.41, 5.74) is 2.33. The van der Waals surface area contributed by atoms with Crippen molar-refractivity contribution in [2.24, 2.45) is 0 Å². The van der Waals surface area contributed by atoms with Gasteiger partial charge in [0, 0.05) is 12.5 Å². The van der Waals surface area contributed by atoms with E-state index in [1.807, 2.05) is 12.1 Å². The minimum absolute atomic E-state index is 0.0169. The maximum absolute atomic E-state index is 12.2. The van der Waals surface area contributed by atoms with Gasteiger partial charge >= 0.3 is 6.18 Å². The van der Waals surface area contributed by atoms with Gasteiger partial charge in [0.15, 0.2) is 0 Å². The van der Waals surface area contributed by atoms with E-state index < -0.39 is 12.6 Å². The van der Waals surface area contributed by atoms with Crippen LogP contribution in [0.25, 0.3) is 0 Å². The van der Waals surface area contributed by atoms with Crippen molar-refractivity contribution in [3.63, 3.8) is 0 Å². The van der Waals surface area contributed by atoms with Crippen molar-refractivity contribution in [3.8, 4) is 0 Å². The van der Waals surface area contributed by atoms with E-state index in [0.29, 0.717) is 6.42 Å². The first kappa shape index (κ1) is 17.0. The number of hydrogen-bond acceptors (Lipinski definition) is 1. The number of aryl methyl sites for hydroxylation is 1. The number of benzene rings is 1. The maximum atomic E-state index is 12.2. The quantitative estimate of drug-likeness (QED) is 0.707. The van der Waals surface area contributed by atoms with E-state index in [2.05, 4.69) is 31.3 Å². The van der Waals surface area contributed by atoms with Gasteiger partial charge in [-0.3, -0.25) is 0 Å². The second-order valence-corrected chi connectivity index (χ2v) is 5.11. The second kappa shape index (κ2) is 8.30. The summed E-state index contributed by atoms with van der Waals surface area (Å²) in [7, 11) is 0. The minimum atomic E-state index is -4.05. The fourth-order valence-electron chi connectivity index (χ4n) is 2.20. The summed E-state index contributed by atoms with van der Waals surface area (Å²) in [4.78, 5) is 0. The van der Waals surface area contributed by atoms with E-state index in [4.69, 9.17) is 0 Å². The lowest BCUT2D eigenvalue weighted by Crippen LogP contribution is -2.22. The van der Waals surface area contributed by atoms with Gasteiger partial charge < -0.3 is 5.32 Å². The van der Waals surface area contributed by atoms with Gasteiger partial charge in [-0.05, 0) is 43.4 Å². The van der Waals surface area contributed by atoms with E-state index in [0.717, 1.165) is 24.9 Å². The normalized spacial score (nSPS) is 13.4. The molecule has 20 heavy (non-hydrogen) atoms. The molecule has 0 saturated heterocycles. The number of halogens is 3. The van der Waals surface area contributed by atoms with Crippen molar-refractivity contribution in [2.45, 2.75) is 58.2 Å². The Bertz CT molecular complexity index is 370. The van der Waals surface area contributed by atoms with Crippen LogP contribution in [-0.2, 0) is 6.42 Å². The molecule has 1 nitrogen and oxygen atoms in total. The van der Waals surface area contributed by atoms with E-state index in [1.165, 1.54) is 5.56 Å². The maximum Gasteiger partial charge on any atom is 0.389 e. The highest BCUT2D eigenvalue weighted by molar-refractivity contribution is 5.25. The molecule has 0 spiro atoms. The molecule has 0 aliphatic heterocycles. The molecule has 1 atom stereocenters. The summed E-state index contributed by atoms with van der Waals surface area (Å²) >= 11 is 0. The fourth-order valence-corrected chi connectivity index (χ4v) is 2.20. The minimum Gasteiger partial charge on any atom is -0.310 e. The first-order valence-corrected chi connectivity index (χ1v) is 7.35. The molecule has 114 valence electrons. The van der Waals surface area contributed by atoms with Gasteiger partial charge in [0.05, 0.1) is 0 Å². The van der Waals surface area contributed by atoms with E-state index in [9.17, 15) is 13.2 Å². The first-order valence-electron chi connectivity index (χ1n) is 7.35. The molecule has 1 N–H and O–H groups in total. The lowest BCUT2D eigenvalue weighted by Gasteiger charge is -2.19. The number of alkyl halides is 3. The molecule has 1 aromatic carbocycles. The monoisotopic (exact) mass is 287 g/mol. The summed E-state index contributed by atoms with van der Waals surface area (Å²) in [6.45, 7) is 4.97. The molecule has 0 bridgehead atoms. The predicted octanol–water partition coefficient (Wildman–Crippen LogP) is 5.02. The number of rotatable bonds is 8. The van der Waals surface area contributed by atoms with Crippen molar-refractivity contribution in [2.75, 3.05) is 6.54 Å². The van der Waals surface area contributed by atoms with Gasteiger partial charge in [0.1, 0.15) is 0 Å². The average Bonchev–Trinajstić information content (AvgIpc) is 2.41. The summed E-state index contributed by atoms with van der Waals surface area (Å²) in [5, 5.41) is 3.34. The van der Waals surface area contributed by atoms with Crippen molar-refractivity contribution in [1.29, 1.82) is 0 Å². The standard InChI is InChI=1S/C16H24F3N/c1-3-12-20-15(6-5-11-16(17,18)19)14-9-7-13(4-2)8-10-14/h7-10,15,20H,3-6,11-12H2,1-2H3. The van der Waals surface area contributed by atoms with E-state index in [1.54, 1.807) is 0 Å². The third kappa shape index (κ3) is 6.42. The van der Waals surface area contributed by atoms with Crippen molar-refractivity contribution < 1.29 is 13.2 Å². The van der Waals surface area contributed by atoms with E-state index >= 15 is 0 Å². The molecule has 4 heteroatoms. The lowest BCUT2D eigenvalue weighted by molar-refractivity contribution is -0.135. The van der Waals surface area contributed by atoms with Gasteiger partial charge in [-0.2, -0.15) is 13.2 Å². The van der Waals surface area contributed by atoms with Crippen LogP contribution in [0, 0.1) is 0 Å². The molecule has 1 unspecified atom stereocenters. The molecule has 0 heterocycles. The SMILES string of the molecule is CCCNC(CCCC(F)(F)F)c1ccc(CC)cc1. The number of hydrogen-bond donors (Lipinski definition) is 1. The topological polar surface area (TPSA) is 12.0 Å².